The van der Waals surface area contributed by atoms with Crippen molar-refractivity contribution in [3.8, 4) is 17.3 Å². The summed E-state index contributed by atoms with van der Waals surface area (Å²) >= 11 is 5.87. The summed E-state index contributed by atoms with van der Waals surface area (Å²) in [6.07, 6.45) is 0. The third kappa shape index (κ3) is 2.42. The molecule has 2 aliphatic rings. The van der Waals surface area contributed by atoms with Crippen molar-refractivity contribution in [1.29, 1.82) is 5.26 Å². The first-order valence-electron chi connectivity index (χ1n) is 6.47. The van der Waals surface area contributed by atoms with Crippen molar-refractivity contribution in [3.63, 3.8) is 0 Å². The van der Waals surface area contributed by atoms with Gasteiger partial charge >= 0.3 is 0 Å². The van der Waals surface area contributed by atoms with Gasteiger partial charge in [0.15, 0.2) is 0 Å². The summed E-state index contributed by atoms with van der Waals surface area (Å²) < 4.78 is 1.62. The Bertz CT molecular complexity index is 859. The summed E-state index contributed by atoms with van der Waals surface area (Å²) in [6.45, 7) is 0.415. The van der Waals surface area contributed by atoms with Gasteiger partial charge < -0.3 is 4.57 Å². The average molecular weight is 295 g/mol. The lowest BCUT2D eigenvalue weighted by molar-refractivity contribution is 0.785. The highest BCUT2D eigenvalue weighted by Gasteiger charge is 2.19. The molecule has 0 unspecified atom stereocenters. The molecule has 102 valence electrons. The van der Waals surface area contributed by atoms with Gasteiger partial charge in [-0.3, -0.25) is 4.79 Å². The van der Waals surface area contributed by atoms with E-state index in [2.05, 4.69) is 0 Å². The maximum Gasteiger partial charge on any atom is 0.269 e. The molecule has 0 saturated carbocycles. The van der Waals surface area contributed by atoms with Gasteiger partial charge in [0.2, 0.25) is 0 Å². The molecule has 0 saturated heterocycles. The molecule has 1 aromatic rings. The number of fused-ring (bicyclic) bond motifs is 1. The second-order valence-electron chi connectivity index (χ2n) is 4.71. The van der Waals surface area contributed by atoms with Crippen LogP contribution in [-0.4, -0.2) is 4.57 Å². The molecule has 0 amide bonds. The first kappa shape index (κ1) is 13.4. The minimum Gasteiger partial charge on any atom is -0.303 e. The van der Waals surface area contributed by atoms with Crippen molar-refractivity contribution in [3.05, 3.63) is 81.1 Å². The highest BCUT2D eigenvalue weighted by atomic mass is 35.5. The molecule has 1 heterocycles. The van der Waals surface area contributed by atoms with Crippen LogP contribution in [0.3, 0.4) is 0 Å². The van der Waals surface area contributed by atoms with Crippen molar-refractivity contribution in [2.75, 3.05) is 0 Å². The molecule has 4 heteroatoms. The third-order valence-corrected chi connectivity index (χ3v) is 3.65. The van der Waals surface area contributed by atoms with Crippen LogP contribution in [0.5, 0.6) is 0 Å². The molecule has 1 aliphatic carbocycles. The van der Waals surface area contributed by atoms with Crippen molar-refractivity contribution in [1.82, 2.24) is 4.57 Å². The summed E-state index contributed by atoms with van der Waals surface area (Å²) in [5.74, 6) is 0. The molecule has 1 aromatic carbocycles. The highest BCUT2D eigenvalue weighted by molar-refractivity contribution is 6.30. The van der Waals surface area contributed by atoms with Gasteiger partial charge in [-0.15, -0.1) is 0 Å². The van der Waals surface area contributed by atoms with Crippen molar-refractivity contribution < 1.29 is 0 Å². The molecule has 0 fully saturated rings. The zero-order valence-corrected chi connectivity index (χ0v) is 11.8. The van der Waals surface area contributed by atoms with Crippen LogP contribution in [0.25, 0.3) is 11.3 Å². The van der Waals surface area contributed by atoms with E-state index in [1.54, 1.807) is 22.8 Å². The molecule has 0 spiro atoms. The van der Waals surface area contributed by atoms with Crippen LogP contribution < -0.4 is 5.56 Å². The van der Waals surface area contributed by atoms with Gasteiger partial charge in [0.1, 0.15) is 11.6 Å². The number of hydrogen-bond acceptors (Lipinski definition) is 2. The van der Waals surface area contributed by atoms with Crippen LogP contribution in [-0.2, 0) is 6.54 Å². The fraction of sp³-hybridized carbons (Fsp3) is 0.0588. The fourth-order valence-electron chi connectivity index (χ4n) is 2.38. The quantitative estimate of drug-likeness (QED) is 0.726. The summed E-state index contributed by atoms with van der Waals surface area (Å²) in [5.41, 5.74) is 2.34. The van der Waals surface area contributed by atoms with E-state index < -0.39 is 0 Å². The van der Waals surface area contributed by atoms with Crippen molar-refractivity contribution >= 4 is 11.6 Å². The SMILES string of the molecule is N#Cc1c2cccccc-2n(Cc2ccc(Cl)cc2)c1=O. The molecule has 0 atom stereocenters. The predicted molar refractivity (Wildman–Crippen MR) is 82.6 cm³/mol. The molecule has 0 N–H and O–H groups in total. The van der Waals surface area contributed by atoms with Crippen LogP contribution in [0.15, 0.2) is 59.4 Å². The molecule has 3 nitrogen and oxygen atoms in total. The zero-order valence-electron chi connectivity index (χ0n) is 11.1. The largest absolute Gasteiger partial charge is 0.303 e. The predicted octanol–water partition coefficient (Wildman–Crippen LogP) is 3.53. The van der Waals surface area contributed by atoms with E-state index in [0.717, 1.165) is 11.3 Å². The van der Waals surface area contributed by atoms with Gasteiger partial charge in [0.05, 0.1) is 12.2 Å². The monoisotopic (exact) mass is 294 g/mol. The Hall–Kier alpha value is -2.57. The van der Waals surface area contributed by atoms with E-state index in [1.807, 2.05) is 42.5 Å². The first-order valence-corrected chi connectivity index (χ1v) is 6.84. The number of hydrogen-bond donors (Lipinski definition) is 0. The lowest BCUT2D eigenvalue weighted by Gasteiger charge is -2.06. The molecular weight excluding hydrogens is 284 g/mol. The van der Waals surface area contributed by atoms with Crippen LogP contribution in [0, 0.1) is 11.3 Å². The number of rotatable bonds is 2. The summed E-state index contributed by atoms with van der Waals surface area (Å²) in [4.78, 5) is 12.4. The lowest BCUT2D eigenvalue weighted by atomic mass is 10.1. The van der Waals surface area contributed by atoms with E-state index in [0.29, 0.717) is 17.1 Å². The number of nitriles is 1. The van der Waals surface area contributed by atoms with Gasteiger partial charge in [-0.2, -0.15) is 5.26 Å². The zero-order chi connectivity index (χ0) is 14.8. The van der Waals surface area contributed by atoms with E-state index in [-0.39, 0.29) is 11.1 Å². The second-order valence-corrected chi connectivity index (χ2v) is 5.15. The maximum atomic E-state index is 12.4. The van der Waals surface area contributed by atoms with Gasteiger partial charge in [-0.1, -0.05) is 48.0 Å². The molecule has 21 heavy (non-hydrogen) atoms. The lowest BCUT2D eigenvalue weighted by Crippen LogP contribution is -2.17. The molecular formula is C17H11ClN2O. The summed E-state index contributed by atoms with van der Waals surface area (Å²) in [6, 6.07) is 18.6. The smallest absolute Gasteiger partial charge is 0.269 e. The maximum absolute atomic E-state index is 12.4. The normalized spacial score (nSPS) is 10.5. The van der Waals surface area contributed by atoms with Crippen molar-refractivity contribution in [2.45, 2.75) is 6.54 Å². The Labute approximate surface area is 127 Å². The number of nitrogens with zero attached hydrogens (tertiary/aromatic N) is 2. The molecule has 0 aromatic heterocycles. The molecule has 3 rings (SSSR count). The van der Waals surface area contributed by atoms with E-state index >= 15 is 0 Å². The second kappa shape index (κ2) is 5.43. The number of benzene rings is 1. The average Bonchev–Trinajstić information content (AvgIpc) is 2.66. The van der Waals surface area contributed by atoms with E-state index in [4.69, 9.17) is 11.6 Å². The standard InChI is InChI=1S/C17H11ClN2O/c18-13-8-6-12(7-9-13)11-20-16-5-3-1-2-4-14(16)15(10-19)17(20)21/h1-9H,11H2. The summed E-state index contributed by atoms with van der Waals surface area (Å²) in [5, 5.41) is 9.89. The molecule has 0 radical (unpaired) electrons. The number of aromatic nitrogens is 1. The molecule has 0 bridgehead atoms. The van der Waals surface area contributed by atoms with E-state index in [1.165, 1.54) is 0 Å². The Morgan fingerprint density at radius 3 is 2.48 bits per heavy atom. The highest BCUT2D eigenvalue weighted by Crippen LogP contribution is 2.24. The Morgan fingerprint density at radius 2 is 1.76 bits per heavy atom. The Kier molecular flexibility index (Phi) is 3.47. The third-order valence-electron chi connectivity index (χ3n) is 3.40. The van der Waals surface area contributed by atoms with E-state index in [9.17, 15) is 10.1 Å². The Morgan fingerprint density at radius 1 is 1.05 bits per heavy atom. The van der Waals surface area contributed by atoms with Gasteiger partial charge in [0.25, 0.3) is 5.56 Å². The van der Waals surface area contributed by atoms with Gasteiger partial charge in [0, 0.05) is 10.6 Å². The van der Waals surface area contributed by atoms with Crippen LogP contribution in [0.1, 0.15) is 11.1 Å². The van der Waals surface area contributed by atoms with Crippen LogP contribution >= 0.6 is 11.6 Å². The topological polar surface area (TPSA) is 45.8 Å². The van der Waals surface area contributed by atoms with Gasteiger partial charge in [-0.25, -0.2) is 0 Å². The fourth-order valence-corrected chi connectivity index (χ4v) is 2.51. The summed E-state index contributed by atoms with van der Waals surface area (Å²) in [7, 11) is 0. The number of halogens is 1. The molecule has 1 aliphatic heterocycles. The van der Waals surface area contributed by atoms with Crippen LogP contribution in [0.4, 0.5) is 0 Å². The minimum atomic E-state index is -0.256. The van der Waals surface area contributed by atoms with Crippen molar-refractivity contribution in [2.24, 2.45) is 0 Å². The first-order chi connectivity index (χ1) is 10.2. The Balaban J connectivity index is 2.16. The minimum absolute atomic E-state index is 0.190. The van der Waals surface area contributed by atoms with Crippen LogP contribution in [0.2, 0.25) is 5.02 Å². The van der Waals surface area contributed by atoms with Gasteiger partial charge in [-0.05, 0) is 23.8 Å².